The number of rotatable bonds is 7. The third-order valence-corrected chi connectivity index (χ3v) is 2.98. The Morgan fingerprint density at radius 3 is 2.81 bits per heavy atom. The number of hydrogen-bond donors (Lipinski definition) is 2. The molecule has 1 heterocycles. The summed E-state index contributed by atoms with van der Waals surface area (Å²) in [6.45, 7) is 5.98. The molecule has 1 fully saturated rings. The summed E-state index contributed by atoms with van der Waals surface area (Å²) in [5.41, 5.74) is -0.692. The van der Waals surface area contributed by atoms with Crippen molar-refractivity contribution in [1.82, 2.24) is 5.32 Å². The van der Waals surface area contributed by atoms with Crippen LogP contribution in [0, 0.1) is 0 Å². The zero-order chi connectivity index (χ0) is 12.0. The van der Waals surface area contributed by atoms with E-state index in [9.17, 15) is 5.11 Å². The maximum Gasteiger partial charge on any atom is 0.0768 e. The van der Waals surface area contributed by atoms with Crippen LogP contribution in [0.4, 0.5) is 0 Å². The van der Waals surface area contributed by atoms with E-state index in [4.69, 9.17) is 9.47 Å². The molecule has 0 aromatic rings. The number of hydrogen-bond acceptors (Lipinski definition) is 4. The van der Waals surface area contributed by atoms with E-state index < -0.39 is 5.60 Å². The van der Waals surface area contributed by atoms with E-state index in [2.05, 4.69) is 12.2 Å². The zero-order valence-electron chi connectivity index (χ0n) is 10.7. The fourth-order valence-corrected chi connectivity index (χ4v) is 2.13. The summed E-state index contributed by atoms with van der Waals surface area (Å²) < 4.78 is 10.6. The lowest BCUT2D eigenvalue weighted by Gasteiger charge is -2.26. The number of ether oxygens (including phenoxy) is 2. The van der Waals surface area contributed by atoms with Crippen molar-refractivity contribution < 1.29 is 14.6 Å². The molecule has 3 unspecified atom stereocenters. The quantitative estimate of drug-likeness (QED) is 0.640. The molecular formula is C12H25NO3. The van der Waals surface area contributed by atoms with E-state index in [1.807, 2.05) is 6.92 Å². The highest BCUT2D eigenvalue weighted by Crippen LogP contribution is 2.25. The Morgan fingerprint density at radius 2 is 2.25 bits per heavy atom. The highest BCUT2D eigenvalue weighted by Gasteiger charge is 2.30. The molecule has 0 amide bonds. The maximum atomic E-state index is 10.2. The lowest BCUT2D eigenvalue weighted by molar-refractivity contribution is -0.0232. The first-order valence-electron chi connectivity index (χ1n) is 6.11. The van der Waals surface area contributed by atoms with Gasteiger partial charge in [-0.1, -0.05) is 0 Å². The van der Waals surface area contributed by atoms with Gasteiger partial charge in [0.25, 0.3) is 0 Å². The van der Waals surface area contributed by atoms with Crippen molar-refractivity contribution in [1.29, 1.82) is 0 Å². The van der Waals surface area contributed by atoms with Crippen molar-refractivity contribution in [3.8, 4) is 0 Å². The molecule has 0 aromatic heterocycles. The van der Waals surface area contributed by atoms with Crippen LogP contribution in [-0.4, -0.2) is 49.7 Å². The molecule has 0 spiro atoms. The fourth-order valence-electron chi connectivity index (χ4n) is 2.13. The summed E-state index contributed by atoms with van der Waals surface area (Å²) in [4.78, 5) is 0. The summed E-state index contributed by atoms with van der Waals surface area (Å²) in [5.74, 6) is 0. The molecule has 0 bridgehead atoms. The average molecular weight is 231 g/mol. The molecule has 16 heavy (non-hydrogen) atoms. The summed E-state index contributed by atoms with van der Waals surface area (Å²) in [7, 11) is 1.67. The van der Waals surface area contributed by atoms with Gasteiger partial charge in [-0.2, -0.15) is 0 Å². The lowest BCUT2D eigenvalue weighted by atomic mass is 9.97. The van der Waals surface area contributed by atoms with E-state index in [1.54, 1.807) is 7.11 Å². The van der Waals surface area contributed by atoms with Gasteiger partial charge in [0, 0.05) is 26.6 Å². The Morgan fingerprint density at radius 1 is 1.50 bits per heavy atom. The largest absolute Gasteiger partial charge is 0.389 e. The van der Waals surface area contributed by atoms with E-state index in [-0.39, 0.29) is 6.10 Å². The lowest BCUT2D eigenvalue weighted by Crippen LogP contribution is -2.41. The summed E-state index contributed by atoms with van der Waals surface area (Å²) in [6, 6.07) is 0. The monoisotopic (exact) mass is 231 g/mol. The van der Waals surface area contributed by atoms with E-state index in [0.29, 0.717) is 25.7 Å². The van der Waals surface area contributed by atoms with E-state index >= 15 is 0 Å². The first kappa shape index (κ1) is 13.9. The van der Waals surface area contributed by atoms with Gasteiger partial charge in [-0.3, -0.25) is 0 Å². The summed E-state index contributed by atoms with van der Waals surface area (Å²) >= 11 is 0. The predicted molar refractivity (Wildman–Crippen MR) is 63.6 cm³/mol. The summed E-state index contributed by atoms with van der Waals surface area (Å²) in [6.07, 6.45) is 3.45. The Labute approximate surface area is 98.3 Å². The maximum absolute atomic E-state index is 10.2. The van der Waals surface area contributed by atoms with Gasteiger partial charge in [0.1, 0.15) is 0 Å². The Balaban J connectivity index is 2.17. The smallest absolute Gasteiger partial charge is 0.0768 e. The van der Waals surface area contributed by atoms with Crippen LogP contribution in [0.25, 0.3) is 0 Å². The van der Waals surface area contributed by atoms with E-state index in [0.717, 1.165) is 19.4 Å². The standard InChI is InChI=1S/C12H25NO3/c1-10-4-5-11(16-10)8-12(2,14)9-13-6-7-15-3/h10-11,13-14H,4-9H2,1-3H3. The van der Waals surface area contributed by atoms with Crippen molar-refractivity contribution >= 4 is 0 Å². The topological polar surface area (TPSA) is 50.7 Å². The fraction of sp³-hybridized carbons (Fsp3) is 1.00. The van der Waals surface area contributed by atoms with Gasteiger partial charge in [0.2, 0.25) is 0 Å². The Hall–Kier alpha value is -0.160. The van der Waals surface area contributed by atoms with Crippen LogP contribution in [-0.2, 0) is 9.47 Å². The molecule has 1 saturated heterocycles. The summed E-state index contributed by atoms with van der Waals surface area (Å²) in [5, 5.41) is 13.4. The van der Waals surface area contributed by atoms with Crippen molar-refractivity contribution in [2.75, 3.05) is 26.8 Å². The van der Waals surface area contributed by atoms with Crippen molar-refractivity contribution in [2.24, 2.45) is 0 Å². The molecule has 0 radical (unpaired) electrons. The molecule has 1 rings (SSSR count). The minimum absolute atomic E-state index is 0.217. The molecule has 0 aromatic carbocycles. The number of aliphatic hydroxyl groups is 1. The van der Waals surface area contributed by atoms with Crippen LogP contribution in [0.3, 0.4) is 0 Å². The van der Waals surface area contributed by atoms with Gasteiger partial charge < -0.3 is 19.9 Å². The number of methoxy groups -OCH3 is 1. The molecule has 1 aliphatic rings. The molecule has 0 aliphatic carbocycles. The third kappa shape index (κ3) is 5.25. The van der Waals surface area contributed by atoms with Gasteiger partial charge >= 0.3 is 0 Å². The van der Waals surface area contributed by atoms with Gasteiger partial charge in [-0.15, -0.1) is 0 Å². The predicted octanol–water partition coefficient (Wildman–Crippen LogP) is 0.931. The van der Waals surface area contributed by atoms with Gasteiger partial charge in [0.15, 0.2) is 0 Å². The van der Waals surface area contributed by atoms with Crippen LogP contribution < -0.4 is 5.32 Å². The SMILES string of the molecule is COCCNCC(C)(O)CC1CCC(C)O1. The Bertz CT molecular complexity index is 197. The first-order chi connectivity index (χ1) is 7.53. The second-order valence-corrected chi connectivity index (χ2v) is 5.02. The highest BCUT2D eigenvalue weighted by molar-refractivity contribution is 4.83. The molecule has 0 saturated carbocycles. The third-order valence-electron chi connectivity index (χ3n) is 2.98. The second kappa shape index (κ2) is 6.55. The molecule has 2 N–H and O–H groups in total. The van der Waals surface area contributed by atoms with Gasteiger partial charge in [0.05, 0.1) is 24.4 Å². The van der Waals surface area contributed by atoms with E-state index in [1.165, 1.54) is 0 Å². The zero-order valence-corrected chi connectivity index (χ0v) is 10.7. The molecule has 3 atom stereocenters. The highest BCUT2D eigenvalue weighted by atomic mass is 16.5. The normalized spacial score (nSPS) is 29.2. The average Bonchev–Trinajstić information content (AvgIpc) is 2.58. The Kier molecular flexibility index (Phi) is 5.69. The second-order valence-electron chi connectivity index (χ2n) is 5.02. The van der Waals surface area contributed by atoms with Crippen molar-refractivity contribution in [2.45, 2.75) is 50.9 Å². The van der Waals surface area contributed by atoms with Crippen LogP contribution >= 0.6 is 0 Å². The minimum atomic E-state index is -0.692. The first-order valence-corrected chi connectivity index (χ1v) is 6.11. The molecule has 4 nitrogen and oxygen atoms in total. The molecule has 96 valence electrons. The van der Waals surface area contributed by atoms with Crippen LogP contribution in [0.1, 0.15) is 33.1 Å². The van der Waals surface area contributed by atoms with Crippen molar-refractivity contribution in [3.05, 3.63) is 0 Å². The van der Waals surface area contributed by atoms with Crippen molar-refractivity contribution in [3.63, 3.8) is 0 Å². The van der Waals surface area contributed by atoms with Gasteiger partial charge in [-0.25, -0.2) is 0 Å². The minimum Gasteiger partial charge on any atom is -0.389 e. The molecule has 1 aliphatic heterocycles. The molecular weight excluding hydrogens is 206 g/mol. The van der Waals surface area contributed by atoms with Crippen LogP contribution in [0.2, 0.25) is 0 Å². The van der Waals surface area contributed by atoms with Gasteiger partial charge in [-0.05, 0) is 26.7 Å². The van der Waals surface area contributed by atoms with Crippen LogP contribution in [0.5, 0.6) is 0 Å². The molecule has 4 heteroatoms. The van der Waals surface area contributed by atoms with Crippen LogP contribution in [0.15, 0.2) is 0 Å². The number of nitrogens with one attached hydrogen (secondary N) is 1.